The Bertz CT molecular complexity index is 351. The highest BCUT2D eigenvalue weighted by molar-refractivity contribution is 5.84. The van der Waals surface area contributed by atoms with Crippen LogP contribution in [0.4, 0.5) is 0 Å². The number of Topliss-reactive ketones (excluding diaryl/α,β-unsaturated/α-hetero) is 1. The molecule has 3 saturated carbocycles. The smallest absolute Gasteiger partial charge is 0.139 e. The molecule has 0 heterocycles. The van der Waals surface area contributed by atoms with Crippen LogP contribution in [0.3, 0.4) is 0 Å². The highest BCUT2D eigenvalue weighted by atomic mass is 16.3. The summed E-state index contributed by atoms with van der Waals surface area (Å²) in [6.45, 7) is 4.52. The molecular formula is C16H26O2. The van der Waals surface area contributed by atoms with Crippen LogP contribution in [0.5, 0.6) is 0 Å². The molecule has 0 bridgehead atoms. The summed E-state index contributed by atoms with van der Waals surface area (Å²) in [5, 5.41) is 9.89. The van der Waals surface area contributed by atoms with E-state index >= 15 is 0 Å². The number of fused-ring (bicyclic) bond motifs is 3. The maximum absolute atomic E-state index is 12.4. The van der Waals surface area contributed by atoms with Crippen LogP contribution in [0, 0.1) is 29.1 Å². The van der Waals surface area contributed by atoms with Gasteiger partial charge in [0.2, 0.25) is 0 Å². The summed E-state index contributed by atoms with van der Waals surface area (Å²) in [7, 11) is 0. The monoisotopic (exact) mass is 250 g/mol. The van der Waals surface area contributed by atoms with Crippen LogP contribution in [-0.4, -0.2) is 17.0 Å². The number of hydrogen-bond donors (Lipinski definition) is 1. The molecule has 0 aromatic rings. The Balaban J connectivity index is 1.86. The number of aliphatic hydroxyl groups excluding tert-OH is 1. The van der Waals surface area contributed by atoms with E-state index in [0.29, 0.717) is 34.9 Å². The van der Waals surface area contributed by atoms with Crippen LogP contribution in [0.1, 0.15) is 58.8 Å². The Kier molecular flexibility index (Phi) is 3.04. The fraction of sp³-hybridized carbons (Fsp3) is 0.938. The normalized spacial score (nSPS) is 52.6. The Morgan fingerprint density at radius 1 is 1.17 bits per heavy atom. The van der Waals surface area contributed by atoms with Crippen LogP contribution in [0.15, 0.2) is 0 Å². The third kappa shape index (κ3) is 1.76. The van der Waals surface area contributed by atoms with Gasteiger partial charge in [-0.25, -0.2) is 0 Å². The van der Waals surface area contributed by atoms with Gasteiger partial charge in [0.1, 0.15) is 5.78 Å². The molecule has 2 heteroatoms. The lowest BCUT2D eigenvalue weighted by Gasteiger charge is -2.56. The lowest BCUT2D eigenvalue weighted by Crippen LogP contribution is -2.52. The van der Waals surface area contributed by atoms with Gasteiger partial charge in [-0.3, -0.25) is 4.79 Å². The minimum Gasteiger partial charge on any atom is -0.393 e. The Morgan fingerprint density at radius 3 is 2.72 bits per heavy atom. The first-order valence-electron chi connectivity index (χ1n) is 7.74. The molecule has 0 saturated heterocycles. The van der Waals surface area contributed by atoms with E-state index in [0.717, 1.165) is 38.5 Å². The Hall–Kier alpha value is -0.370. The van der Waals surface area contributed by atoms with Crippen molar-refractivity contribution >= 4 is 5.78 Å². The standard InChI is InChI=1S/C16H26O2/c1-10-3-6-14-13(15(10)18)5-4-11-9-12(17)7-8-16(11,14)2/h10-14,17H,3-9H2,1-2H3/t10-,11+,12-,13-,14-,16-/m0/s1. The SMILES string of the molecule is C[C@H]1CC[C@H]2[C@H](CC[C@@H]3C[C@@H](O)CC[C@@]32C)C1=O. The van der Waals surface area contributed by atoms with Crippen LogP contribution < -0.4 is 0 Å². The average Bonchev–Trinajstić information content (AvgIpc) is 2.34. The molecule has 3 fully saturated rings. The maximum atomic E-state index is 12.4. The van der Waals surface area contributed by atoms with Crippen molar-refractivity contribution in [3.63, 3.8) is 0 Å². The number of carbonyl (C=O) groups is 1. The number of aliphatic hydroxyl groups is 1. The molecule has 3 rings (SSSR count). The van der Waals surface area contributed by atoms with Gasteiger partial charge in [0.05, 0.1) is 6.10 Å². The first-order valence-corrected chi connectivity index (χ1v) is 7.74. The van der Waals surface area contributed by atoms with Crippen LogP contribution in [0.25, 0.3) is 0 Å². The van der Waals surface area contributed by atoms with Crippen molar-refractivity contribution in [2.24, 2.45) is 29.1 Å². The van der Waals surface area contributed by atoms with Gasteiger partial charge in [-0.05, 0) is 62.2 Å². The molecule has 0 radical (unpaired) electrons. The molecule has 1 N–H and O–H groups in total. The number of carbonyl (C=O) groups excluding carboxylic acids is 1. The molecule has 0 aromatic carbocycles. The molecule has 6 atom stereocenters. The predicted molar refractivity (Wildman–Crippen MR) is 71.1 cm³/mol. The van der Waals surface area contributed by atoms with Crippen LogP contribution >= 0.6 is 0 Å². The second-order valence-electron chi connectivity index (χ2n) is 7.30. The largest absolute Gasteiger partial charge is 0.393 e. The lowest BCUT2D eigenvalue weighted by atomic mass is 9.48. The highest BCUT2D eigenvalue weighted by Gasteiger charge is 2.53. The van der Waals surface area contributed by atoms with Gasteiger partial charge in [-0.2, -0.15) is 0 Å². The minimum absolute atomic E-state index is 0.0853. The average molecular weight is 250 g/mol. The summed E-state index contributed by atoms with van der Waals surface area (Å²) >= 11 is 0. The van der Waals surface area contributed by atoms with Crippen LogP contribution in [-0.2, 0) is 4.79 Å². The zero-order chi connectivity index (χ0) is 12.9. The number of rotatable bonds is 0. The van der Waals surface area contributed by atoms with E-state index in [1.54, 1.807) is 0 Å². The summed E-state index contributed by atoms with van der Waals surface area (Å²) in [5.74, 6) is 2.43. The topological polar surface area (TPSA) is 37.3 Å². The molecule has 102 valence electrons. The van der Waals surface area contributed by atoms with E-state index in [9.17, 15) is 9.90 Å². The van der Waals surface area contributed by atoms with Gasteiger partial charge in [-0.1, -0.05) is 13.8 Å². The Morgan fingerprint density at radius 2 is 1.94 bits per heavy atom. The molecule has 18 heavy (non-hydrogen) atoms. The lowest BCUT2D eigenvalue weighted by molar-refractivity contribution is -0.144. The maximum Gasteiger partial charge on any atom is 0.139 e. The van der Waals surface area contributed by atoms with Gasteiger partial charge in [0, 0.05) is 11.8 Å². The van der Waals surface area contributed by atoms with Crippen molar-refractivity contribution < 1.29 is 9.90 Å². The van der Waals surface area contributed by atoms with Crippen LogP contribution in [0.2, 0.25) is 0 Å². The summed E-state index contributed by atoms with van der Waals surface area (Å²) in [6, 6.07) is 0. The van der Waals surface area contributed by atoms with Crippen molar-refractivity contribution in [1.29, 1.82) is 0 Å². The summed E-state index contributed by atoms with van der Waals surface area (Å²) in [6.07, 6.45) is 7.53. The fourth-order valence-corrected chi connectivity index (χ4v) is 5.18. The van der Waals surface area contributed by atoms with Gasteiger partial charge >= 0.3 is 0 Å². The number of ketones is 1. The van der Waals surface area contributed by atoms with E-state index in [1.165, 1.54) is 6.42 Å². The molecule has 0 unspecified atom stereocenters. The van der Waals surface area contributed by atoms with Gasteiger partial charge in [-0.15, -0.1) is 0 Å². The van der Waals surface area contributed by atoms with Gasteiger partial charge < -0.3 is 5.11 Å². The molecular weight excluding hydrogens is 224 g/mol. The van der Waals surface area contributed by atoms with Gasteiger partial charge in [0.15, 0.2) is 0 Å². The van der Waals surface area contributed by atoms with E-state index in [-0.39, 0.29) is 6.10 Å². The third-order valence-electron chi connectivity index (χ3n) is 6.43. The second-order valence-corrected chi connectivity index (χ2v) is 7.30. The third-order valence-corrected chi connectivity index (χ3v) is 6.43. The molecule has 0 aliphatic heterocycles. The summed E-state index contributed by atoms with van der Waals surface area (Å²) in [4.78, 5) is 12.4. The second kappa shape index (κ2) is 4.33. The van der Waals surface area contributed by atoms with E-state index in [2.05, 4.69) is 13.8 Å². The van der Waals surface area contributed by atoms with Crippen molar-refractivity contribution in [2.45, 2.75) is 64.9 Å². The molecule has 2 nitrogen and oxygen atoms in total. The van der Waals surface area contributed by atoms with E-state index < -0.39 is 0 Å². The molecule has 0 amide bonds. The van der Waals surface area contributed by atoms with E-state index in [1.807, 2.05) is 0 Å². The molecule has 3 aliphatic carbocycles. The van der Waals surface area contributed by atoms with Gasteiger partial charge in [0.25, 0.3) is 0 Å². The van der Waals surface area contributed by atoms with Crippen molar-refractivity contribution in [3.05, 3.63) is 0 Å². The minimum atomic E-state index is -0.0853. The zero-order valence-electron chi connectivity index (χ0n) is 11.7. The Labute approximate surface area is 110 Å². The van der Waals surface area contributed by atoms with Crippen molar-refractivity contribution in [3.8, 4) is 0 Å². The predicted octanol–water partition coefficient (Wildman–Crippen LogP) is 3.18. The van der Waals surface area contributed by atoms with E-state index in [4.69, 9.17) is 0 Å². The first kappa shape index (κ1) is 12.7. The zero-order valence-corrected chi connectivity index (χ0v) is 11.7. The summed E-state index contributed by atoms with van der Waals surface area (Å²) in [5.41, 5.74) is 0.331. The number of hydrogen-bond acceptors (Lipinski definition) is 2. The molecule has 3 aliphatic rings. The molecule has 0 spiro atoms. The van der Waals surface area contributed by atoms with Crippen molar-refractivity contribution in [2.75, 3.05) is 0 Å². The first-order chi connectivity index (χ1) is 8.52. The fourth-order valence-electron chi connectivity index (χ4n) is 5.18. The molecule has 0 aromatic heterocycles. The quantitative estimate of drug-likeness (QED) is 0.717. The highest BCUT2D eigenvalue weighted by Crippen LogP contribution is 2.58. The van der Waals surface area contributed by atoms with Crippen molar-refractivity contribution in [1.82, 2.24) is 0 Å². The summed E-state index contributed by atoms with van der Waals surface area (Å²) < 4.78 is 0.